The Hall–Kier alpha value is -0.820. The van der Waals surface area contributed by atoms with E-state index in [1.165, 1.54) is 11.1 Å². The van der Waals surface area contributed by atoms with Crippen LogP contribution in [0, 0.1) is 0 Å². The van der Waals surface area contributed by atoms with Crippen LogP contribution in [0.1, 0.15) is 44.2 Å². The molecule has 0 saturated carbocycles. The fourth-order valence-corrected chi connectivity index (χ4v) is 2.18. The molecule has 0 aliphatic rings. The summed E-state index contributed by atoms with van der Waals surface area (Å²) in [7, 11) is 1.79. The average molecular weight is 433 g/mol. The van der Waals surface area contributed by atoms with E-state index in [2.05, 4.69) is 53.7 Å². The minimum Gasteiger partial charge on any atom is -0.380 e. The van der Waals surface area contributed by atoms with Crippen LogP contribution in [0.5, 0.6) is 0 Å². The van der Waals surface area contributed by atoms with Crippen molar-refractivity contribution >= 4 is 29.9 Å². The molecule has 0 radical (unpaired) electrons. The third-order valence-electron chi connectivity index (χ3n) is 3.55. The van der Waals surface area contributed by atoms with Gasteiger partial charge in [-0.05, 0) is 36.8 Å². The van der Waals surface area contributed by atoms with E-state index >= 15 is 0 Å². The molecule has 2 N–H and O–H groups in total. The van der Waals surface area contributed by atoms with Crippen molar-refractivity contribution < 1.29 is 4.74 Å². The molecule has 0 aromatic heterocycles. The number of nitrogens with one attached hydrogen (secondary N) is 2. The van der Waals surface area contributed by atoms with Gasteiger partial charge in [-0.15, -0.1) is 24.0 Å². The van der Waals surface area contributed by atoms with E-state index in [1.807, 2.05) is 6.92 Å². The summed E-state index contributed by atoms with van der Waals surface area (Å²) in [5, 5.41) is 6.57. The summed E-state index contributed by atoms with van der Waals surface area (Å²) in [6.07, 6.45) is 2.18. The van der Waals surface area contributed by atoms with Crippen molar-refractivity contribution in [1.82, 2.24) is 10.6 Å². The summed E-state index contributed by atoms with van der Waals surface area (Å²) in [4.78, 5) is 4.20. The Labute approximate surface area is 158 Å². The molecule has 0 unspecified atom stereocenters. The molecule has 4 nitrogen and oxygen atoms in total. The van der Waals surface area contributed by atoms with Gasteiger partial charge in [-0.1, -0.05) is 38.1 Å². The number of hydrogen-bond donors (Lipinski definition) is 2. The van der Waals surface area contributed by atoms with Gasteiger partial charge < -0.3 is 15.4 Å². The van der Waals surface area contributed by atoms with Gasteiger partial charge in [0.15, 0.2) is 5.96 Å². The SMILES string of the molecule is CCOCCNC(=NC)NCCCc1ccc(C(C)C)cc1.I. The number of benzene rings is 1. The second-order valence-corrected chi connectivity index (χ2v) is 5.62. The maximum atomic E-state index is 5.29. The third kappa shape index (κ3) is 9.81. The molecule has 1 aromatic carbocycles. The lowest BCUT2D eigenvalue weighted by molar-refractivity contribution is 0.152. The zero-order chi connectivity index (χ0) is 16.2. The van der Waals surface area contributed by atoms with Gasteiger partial charge in [0.05, 0.1) is 6.61 Å². The van der Waals surface area contributed by atoms with Gasteiger partial charge in [0, 0.05) is 26.7 Å². The summed E-state index contributed by atoms with van der Waals surface area (Å²) in [5.74, 6) is 1.44. The summed E-state index contributed by atoms with van der Waals surface area (Å²) < 4.78 is 5.29. The van der Waals surface area contributed by atoms with Crippen molar-refractivity contribution in [3.8, 4) is 0 Å². The van der Waals surface area contributed by atoms with Crippen LogP contribution in [0.15, 0.2) is 29.3 Å². The summed E-state index contributed by atoms with van der Waals surface area (Å²) in [5.41, 5.74) is 2.80. The second-order valence-electron chi connectivity index (χ2n) is 5.62. The highest BCUT2D eigenvalue weighted by molar-refractivity contribution is 14.0. The molecule has 0 aliphatic carbocycles. The van der Waals surface area contributed by atoms with Crippen LogP contribution in [0.2, 0.25) is 0 Å². The molecule has 1 aromatic rings. The topological polar surface area (TPSA) is 45.6 Å². The Morgan fingerprint density at radius 2 is 1.78 bits per heavy atom. The van der Waals surface area contributed by atoms with Crippen molar-refractivity contribution in [2.45, 2.75) is 39.5 Å². The molecular weight excluding hydrogens is 401 g/mol. The summed E-state index contributed by atoms with van der Waals surface area (Å²) >= 11 is 0. The monoisotopic (exact) mass is 433 g/mol. The standard InChI is InChI=1S/C18H31N3O.HI/c1-5-22-14-13-21-18(19-4)20-12-6-7-16-8-10-17(11-9-16)15(2)3;/h8-11,15H,5-7,12-14H2,1-4H3,(H2,19,20,21);1H. The van der Waals surface area contributed by atoms with Crippen LogP contribution in [-0.2, 0) is 11.2 Å². The molecule has 0 bridgehead atoms. The fraction of sp³-hybridized carbons (Fsp3) is 0.611. The van der Waals surface area contributed by atoms with E-state index in [4.69, 9.17) is 4.74 Å². The minimum absolute atomic E-state index is 0. The Morgan fingerprint density at radius 1 is 1.13 bits per heavy atom. The predicted molar refractivity (Wildman–Crippen MR) is 110 cm³/mol. The van der Waals surface area contributed by atoms with Crippen LogP contribution in [-0.4, -0.2) is 39.3 Å². The maximum absolute atomic E-state index is 5.29. The predicted octanol–water partition coefficient (Wildman–Crippen LogP) is 3.56. The van der Waals surface area contributed by atoms with Crippen molar-refractivity contribution in [3.05, 3.63) is 35.4 Å². The average Bonchev–Trinajstić information content (AvgIpc) is 2.53. The Morgan fingerprint density at radius 3 is 2.35 bits per heavy atom. The van der Waals surface area contributed by atoms with Gasteiger partial charge >= 0.3 is 0 Å². The van der Waals surface area contributed by atoms with Crippen molar-refractivity contribution in [2.75, 3.05) is 33.4 Å². The van der Waals surface area contributed by atoms with E-state index < -0.39 is 0 Å². The lowest BCUT2D eigenvalue weighted by Gasteiger charge is -2.12. The number of rotatable bonds is 9. The van der Waals surface area contributed by atoms with Crippen molar-refractivity contribution in [3.63, 3.8) is 0 Å². The molecule has 132 valence electrons. The van der Waals surface area contributed by atoms with Gasteiger partial charge in [0.2, 0.25) is 0 Å². The zero-order valence-electron chi connectivity index (χ0n) is 14.9. The molecule has 0 saturated heterocycles. The highest BCUT2D eigenvalue weighted by atomic mass is 127. The molecule has 0 atom stereocenters. The van der Waals surface area contributed by atoms with E-state index in [0.29, 0.717) is 12.5 Å². The van der Waals surface area contributed by atoms with Crippen LogP contribution >= 0.6 is 24.0 Å². The molecule has 1 rings (SSSR count). The third-order valence-corrected chi connectivity index (χ3v) is 3.55. The molecule has 0 amide bonds. The van der Waals surface area contributed by atoms with Gasteiger partial charge in [-0.25, -0.2) is 0 Å². The highest BCUT2D eigenvalue weighted by Crippen LogP contribution is 2.15. The van der Waals surface area contributed by atoms with E-state index in [1.54, 1.807) is 7.05 Å². The zero-order valence-corrected chi connectivity index (χ0v) is 17.2. The molecule has 0 heterocycles. The summed E-state index contributed by atoms with van der Waals surface area (Å²) in [6.45, 7) is 9.61. The van der Waals surface area contributed by atoms with Crippen LogP contribution in [0.4, 0.5) is 0 Å². The first-order valence-corrected chi connectivity index (χ1v) is 8.28. The maximum Gasteiger partial charge on any atom is 0.191 e. The number of guanidine groups is 1. The first-order valence-electron chi connectivity index (χ1n) is 8.28. The number of halogens is 1. The number of aryl methyl sites for hydroxylation is 1. The number of hydrogen-bond acceptors (Lipinski definition) is 2. The fourth-order valence-electron chi connectivity index (χ4n) is 2.18. The first kappa shape index (κ1) is 22.2. The second kappa shape index (κ2) is 13.6. The van der Waals surface area contributed by atoms with E-state index in [0.717, 1.165) is 38.5 Å². The molecule has 0 spiro atoms. The quantitative estimate of drug-likeness (QED) is 0.271. The first-order chi connectivity index (χ1) is 10.7. The van der Waals surface area contributed by atoms with Crippen LogP contribution in [0.25, 0.3) is 0 Å². The summed E-state index contributed by atoms with van der Waals surface area (Å²) in [6, 6.07) is 8.96. The number of nitrogens with zero attached hydrogens (tertiary/aromatic N) is 1. The lowest BCUT2D eigenvalue weighted by atomic mass is 10.0. The Bertz CT molecular complexity index is 432. The smallest absolute Gasteiger partial charge is 0.191 e. The molecule has 23 heavy (non-hydrogen) atoms. The highest BCUT2D eigenvalue weighted by Gasteiger charge is 2.00. The normalized spacial score (nSPS) is 11.3. The van der Waals surface area contributed by atoms with Gasteiger partial charge in [0.1, 0.15) is 0 Å². The van der Waals surface area contributed by atoms with Gasteiger partial charge in [0.25, 0.3) is 0 Å². The van der Waals surface area contributed by atoms with Crippen molar-refractivity contribution in [2.24, 2.45) is 4.99 Å². The van der Waals surface area contributed by atoms with E-state index in [-0.39, 0.29) is 24.0 Å². The van der Waals surface area contributed by atoms with Gasteiger partial charge in [-0.2, -0.15) is 0 Å². The molecule has 0 fully saturated rings. The largest absolute Gasteiger partial charge is 0.380 e. The minimum atomic E-state index is 0. The Balaban J connectivity index is 0.00000484. The van der Waals surface area contributed by atoms with E-state index in [9.17, 15) is 0 Å². The van der Waals surface area contributed by atoms with Crippen molar-refractivity contribution in [1.29, 1.82) is 0 Å². The number of aliphatic imine (C=N–C) groups is 1. The molecule has 5 heteroatoms. The lowest BCUT2D eigenvalue weighted by Crippen LogP contribution is -2.39. The van der Waals surface area contributed by atoms with Gasteiger partial charge in [-0.3, -0.25) is 4.99 Å². The van der Waals surface area contributed by atoms with Crippen LogP contribution < -0.4 is 10.6 Å². The molecular formula is C18H32IN3O. The van der Waals surface area contributed by atoms with Crippen LogP contribution in [0.3, 0.4) is 0 Å². The molecule has 0 aliphatic heterocycles. The number of ether oxygens (including phenoxy) is 1. The Kier molecular flexibility index (Phi) is 13.1.